The van der Waals surface area contributed by atoms with Gasteiger partial charge in [-0.05, 0) is 76.5 Å². The van der Waals surface area contributed by atoms with Crippen molar-refractivity contribution in [2.75, 3.05) is 0 Å². The van der Waals surface area contributed by atoms with Gasteiger partial charge < -0.3 is 0 Å². The molecule has 0 saturated carbocycles. The Morgan fingerprint density at radius 2 is 0.425 bits per heavy atom. The molecule has 8 aromatic carbocycles. The molecule has 0 aliphatic rings. The maximum absolute atomic E-state index is 9.47. The van der Waals surface area contributed by atoms with Gasteiger partial charge in [0.1, 0.15) is 0 Å². The van der Waals surface area contributed by atoms with E-state index < -0.39 is 234 Å². The van der Waals surface area contributed by atoms with E-state index in [1.165, 1.54) is 0 Å². The number of hydrogen-bond donors (Lipinski definition) is 0. The van der Waals surface area contributed by atoms with Gasteiger partial charge >= 0.3 is 0 Å². The summed E-state index contributed by atoms with van der Waals surface area (Å²) >= 11 is 0. The molecule has 0 aliphatic carbocycles. The lowest BCUT2D eigenvalue weighted by molar-refractivity contribution is 1.66. The highest BCUT2D eigenvalue weighted by Gasteiger charge is 2.21. The molecule has 0 atom stereocenters. The summed E-state index contributed by atoms with van der Waals surface area (Å²) in [6.45, 7) is 0. The van der Waals surface area contributed by atoms with E-state index in [9.17, 15) is 11.0 Å². The summed E-state index contributed by atoms with van der Waals surface area (Å²) in [4.78, 5) is 0. The largest absolute Gasteiger partial charge is 0.0629 e. The van der Waals surface area contributed by atoms with Crippen molar-refractivity contribution in [3.8, 4) is 33.4 Å². The first-order chi connectivity index (χ1) is 30.7. The van der Waals surface area contributed by atoms with Gasteiger partial charge in [0.25, 0.3) is 0 Å². The monoisotopic (exact) mass is 532 g/mol. The Kier molecular flexibility index (Phi) is 1.99. The van der Waals surface area contributed by atoms with Gasteiger partial charge in [-0.1, -0.05) is 157 Å². The SMILES string of the molecule is [2H]c1c([2H])c([2H])c(-c2c3c([2H])c([2H])c([2H])c([2H])c3c(-c3c4c([2H])c([2H])c([2H])c([2H])c4c(-c4c([2H])c([2H])c([2H])c([2H])c4[2H])c4c([2H])c([2H])c([2H])c([2H])c34)c3c([2H])c([2H])c([2H])c([2H])c23)c([2H])c1[2H]. The lowest BCUT2D eigenvalue weighted by atomic mass is 9.81. The van der Waals surface area contributed by atoms with E-state index in [2.05, 4.69) is 0 Å². The maximum Gasteiger partial charge on any atom is 0.0629 e. The third kappa shape index (κ3) is 3.40. The lowest BCUT2D eigenvalue weighted by Crippen LogP contribution is -1.94. The molecule has 0 amide bonds. The van der Waals surface area contributed by atoms with Crippen LogP contribution in [0.2, 0.25) is 0 Å². The molecule has 0 heteroatoms. The topological polar surface area (TPSA) is 0 Å². The number of benzene rings is 8. The van der Waals surface area contributed by atoms with Gasteiger partial charge in [-0.25, -0.2) is 0 Å². The Bertz CT molecular complexity index is 3190. The van der Waals surface area contributed by atoms with Crippen molar-refractivity contribution < 1.29 is 35.6 Å². The minimum Gasteiger partial charge on any atom is -0.0622 e. The predicted octanol–water partition coefficient (Wildman–Crippen LogP) is 11.3. The summed E-state index contributed by atoms with van der Waals surface area (Å²) in [6, 6.07) is -25.3. The van der Waals surface area contributed by atoms with E-state index in [1.54, 1.807) is 0 Å². The second-order valence-electron chi connectivity index (χ2n) is 8.50. The summed E-state index contributed by atoms with van der Waals surface area (Å²) in [5.41, 5.74) is -4.43. The van der Waals surface area contributed by atoms with E-state index in [0.717, 1.165) is 0 Å². The fourth-order valence-electron chi connectivity index (χ4n) is 5.00. The second kappa shape index (κ2) is 9.22. The molecule has 0 N–H and O–H groups in total. The predicted molar refractivity (Wildman–Crippen MR) is 173 cm³/mol. The van der Waals surface area contributed by atoms with Crippen LogP contribution in [0.15, 0.2) is 157 Å². The lowest BCUT2D eigenvalue weighted by Gasteiger charge is -2.22. The van der Waals surface area contributed by atoms with Crippen molar-refractivity contribution in [2.24, 2.45) is 0 Å². The zero-order valence-electron chi connectivity index (χ0n) is 46.0. The molecule has 0 fully saturated rings. The summed E-state index contributed by atoms with van der Waals surface area (Å²) in [5.74, 6) is 0. The molecule has 0 aromatic heterocycles. The van der Waals surface area contributed by atoms with Gasteiger partial charge in [0, 0.05) is 0 Å². The van der Waals surface area contributed by atoms with Crippen LogP contribution in [0.4, 0.5) is 0 Å². The van der Waals surface area contributed by atoms with Crippen molar-refractivity contribution in [1.82, 2.24) is 0 Å². The molecule has 8 rings (SSSR count). The highest BCUT2D eigenvalue weighted by atomic mass is 14.2. The van der Waals surface area contributed by atoms with Crippen LogP contribution in [0.3, 0.4) is 0 Å². The molecule has 8 aromatic rings. The third-order valence-electron chi connectivity index (χ3n) is 6.50. The Morgan fingerprint density at radius 3 is 0.675 bits per heavy atom. The van der Waals surface area contributed by atoms with Gasteiger partial charge in [-0.3, -0.25) is 0 Å². The molecule has 0 saturated heterocycles. The van der Waals surface area contributed by atoms with E-state index in [1.807, 2.05) is 0 Å². The summed E-state index contributed by atoms with van der Waals surface area (Å²) < 4.78 is 232. The Labute approximate surface area is 270 Å². The zero-order chi connectivity index (χ0) is 49.1. The van der Waals surface area contributed by atoms with Crippen molar-refractivity contribution in [3.63, 3.8) is 0 Å². The van der Waals surface area contributed by atoms with Crippen LogP contribution >= 0.6 is 0 Å². The van der Waals surface area contributed by atoms with Crippen LogP contribution in [0.5, 0.6) is 0 Å². The van der Waals surface area contributed by atoms with Crippen molar-refractivity contribution in [2.45, 2.75) is 0 Å². The van der Waals surface area contributed by atoms with E-state index in [0.29, 0.717) is 0 Å². The van der Waals surface area contributed by atoms with Crippen molar-refractivity contribution in [1.29, 1.82) is 0 Å². The summed E-state index contributed by atoms with van der Waals surface area (Å²) in [7, 11) is 0. The van der Waals surface area contributed by atoms with Gasteiger partial charge in [0.2, 0.25) is 0 Å². The highest BCUT2D eigenvalue weighted by molar-refractivity contribution is 6.29. The molecule has 0 unspecified atom stereocenters. The van der Waals surface area contributed by atoms with E-state index >= 15 is 0 Å². The summed E-state index contributed by atoms with van der Waals surface area (Å²) in [5, 5.41) is -5.93. The van der Waals surface area contributed by atoms with E-state index in [-0.39, 0.29) is 0 Å². The molecule has 0 heterocycles. The molecule has 0 aliphatic heterocycles. The number of rotatable bonds is 3. The molecule has 186 valence electrons. The first kappa shape index (κ1) is 8.65. The standard InChI is InChI=1S/C40H26/c1-3-15-27(16-4-1)37-29-19-7-11-23-33(29)39(34-24-12-8-20-30(34)37)40-35-25-13-9-21-31(35)38(28-17-5-2-6-18-28)32-22-10-14-26-36(32)40/h1-26H/i1D,2D,3D,4D,5D,6D,7D,8D,9D,10D,11D,12D,13D,14D,15D,16D,17D,18D,19D,20D,21D,22D,23D,24D,25D,26D. The summed E-state index contributed by atoms with van der Waals surface area (Å²) in [6.07, 6.45) is 0. The van der Waals surface area contributed by atoms with Crippen molar-refractivity contribution >= 4 is 43.1 Å². The van der Waals surface area contributed by atoms with Crippen LogP contribution in [-0.2, 0) is 0 Å². The number of hydrogen-bond acceptors (Lipinski definition) is 0. The maximum atomic E-state index is 9.47. The Morgan fingerprint density at radius 1 is 0.225 bits per heavy atom. The van der Waals surface area contributed by atoms with Crippen LogP contribution in [0.1, 0.15) is 35.6 Å². The van der Waals surface area contributed by atoms with Crippen LogP contribution in [-0.4, -0.2) is 0 Å². The molecule has 0 nitrogen and oxygen atoms in total. The first-order valence-electron chi connectivity index (χ1n) is 24.8. The van der Waals surface area contributed by atoms with Gasteiger partial charge in [-0.15, -0.1) is 0 Å². The minimum absolute atomic E-state index is 0.701. The van der Waals surface area contributed by atoms with Crippen LogP contribution in [0.25, 0.3) is 76.5 Å². The van der Waals surface area contributed by atoms with Gasteiger partial charge in [0.15, 0.2) is 0 Å². The molecular formula is C40H26. The molecule has 0 spiro atoms. The van der Waals surface area contributed by atoms with E-state index in [4.69, 9.17) is 24.7 Å². The Hall–Kier alpha value is -5.20. The average molecular weight is 533 g/mol. The molecule has 0 radical (unpaired) electrons. The quantitative estimate of drug-likeness (QED) is 0.198. The molecular weight excluding hydrogens is 480 g/mol. The first-order valence-corrected chi connectivity index (χ1v) is 11.8. The average Bonchev–Trinajstić information content (AvgIpc) is 3.29. The molecule has 0 bridgehead atoms. The minimum atomic E-state index is -1.01. The fraction of sp³-hybridized carbons (Fsp3) is 0. The fourth-order valence-corrected chi connectivity index (χ4v) is 5.00. The Balaban J connectivity index is 1.91. The second-order valence-corrected chi connectivity index (χ2v) is 8.50. The molecule has 40 heavy (non-hydrogen) atoms. The van der Waals surface area contributed by atoms with Gasteiger partial charge in [-0.2, -0.15) is 0 Å². The number of fused-ring (bicyclic) bond motifs is 4. The van der Waals surface area contributed by atoms with Crippen LogP contribution in [0, 0.1) is 0 Å². The van der Waals surface area contributed by atoms with Crippen LogP contribution < -0.4 is 0 Å². The van der Waals surface area contributed by atoms with Gasteiger partial charge in [0.05, 0.1) is 35.6 Å². The van der Waals surface area contributed by atoms with Crippen molar-refractivity contribution in [3.05, 3.63) is 157 Å². The smallest absolute Gasteiger partial charge is 0.0622 e. The normalized spacial score (nSPS) is 20.6. The highest BCUT2D eigenvalue weighted by Crippen LogP contribution is 2.49. The third-order valence-corrected chi connectivity index (χ3v) is 6.50. The zero-order valence-corrected chi connectivity index (χ0v) is 20.0.